The molecule has 30 heavy (non-hydrogen) atoms. The second-order valence-electron chi connectivity index (χ2n) is 6.05. The van der Waals surface area contributed by atoms with Crippen LogP contribution in [-0.4, -0.2) is 38.2 Å². The molecule has 160 valence electrons. The van der Waals surface area contributed by atoms with E-state index in [1.54, 1.807) is 31.2 Å². The first-order chi connectivity index (χ1) is 14.5. The van der Waals surface area contributed by atoms with Gasteiger partial charge in [-0.25, -0.2) is 4.79 Å². The number of carbonyl (C=O) groups is 3. The molecule has 9 heteroatoms. The molecule has 3 amide bonds. The molecule has 9 nitrogen and oxygen atoms in total. The van der Waals surface area contributed by atoms with Gasteiger partial charge in [0, 0.05) is 16.8 Å². The summed E-state index contributed by atoms with van der Waals surface area (Å²) in [7, 11) is 1.48. The van der Waals surface area contributed by atoms with Gasteiger partial charge in [-0.05, 0) is 55.8 Å². The molecule has 0 bridgehead atoms. The van der Waals surface area contributed by atoms with Gasteiger partial charge >= 0.3 is 6.09 Å². The highest BCUT2D eigenvalue weighted by Gasteiger charge is 2.13. The summed E-state index contributed by atoms with van der Waals surface area (Å²) in [5.41, 5.74) is 5.76. The number of methoxy groups -OCH3 is 1. The van der Waals surface area contributed by atoms with Crippen LogP contribution in [0.1, 0.15) is 41.0 Å². The quantitative estimate of drug-likeness (QED) is 0.571. The molecule has 3 N–H and O–H groups in total. The van der Waals surface area contributed by atoms with Crippen molar-refractivity contribution in [1.29, 1.82) is 0 Å². The third-order valence-electron chi connectivity index (χ3n) is 3.85. The minimum absolute atomic E-state index is 0.256. The Kier molecular flexibility index (Phi) is 8.49. The molecule has 2 rings (SSSR count). The molecule has 0 radical (unpaired) electrons. The molecule has 0 fully saturated rings. The Hall–Kier alpha value is -3.75. The lowest BCUT2D eigenvalue weighted by Gasteiger charge is -2.12. The molecular weight excluding hydrogens is 390 g/mol. The smallest absolute Gasteiger partial charge is 0.411 e. The maximum Gasteiger partial charge on any atom is 0.411 e. The molecule has 0 saturated carbocycles. The summed E-state index contributed by atoms with van der Waals surface area (Å²) in [6, 6.07) is 10.9. The van der Waals surface area contributed by atoms with Gasteiger partial charge in [0.1, 0.15) is 0 Å². The van der Waals surface area contributed by atoms with Crippen molar-refractivity contribution in [3.63, 3.8) is 0 Å². The largest absolute Gasteiger partial charge is 0.493 e. The van der Waals surface area contributed by atoms with Gasteiger partial charge in [-0.15, -0.1) is 0 Å². The van der Waals surface area contributed by atoms with Crippen LogP contribution in [-0.2, 0) is 4.74 Å². The van der Waals surface area contributed by atoms with Crippen LogP contribution in [0.4, 0.5) is 10.5 Å². The third-order valence-corrected chi connectivity index (χ3v) is 3.85. The number of hydrogen-bond acceptors (Lipinski definition) is 6. The van der Waals surface area contributed by atoms with Gasteiger partial charge in [-0.3, -0.25) is 25.8 Å². The van der Waals surface area contributed by atoms with Crippen molar-refractivity contribution < 1.29 is 28.6 Å². The Morgan fingerprint density at radius 1 is 0.867 bits per heavy atom. The number of hydrazine groups is 1. The molecule has 2 aromatic rings. The Morgan fingerprint density at radius 2 is 1.50 bits per heavy atom. The van der Waals surface area contributed by atoms with E-state index in [1.165, 1.54) is 25.3 Å². The number of nitrogens with one attached hydrogen (secondary N) is 3. The second-order valence-corrected chi connectivity index (χ2v) is 6.05. The van der Waals surface area contributed by atoms with Gasteiger partial charge in [0.15, 0.2) is 11.5 Å². The van der Waals surface area contributed by atoms with Gasteiger partial charge in [0.05, 0.1) is 20.3 Å². The highest BCUT2D eigenvalue weighted by atomic mass is 16.5. The zero-order chi connectivity index (χ0) is 21.9. The zero-order valence-corrected chi connectivity index (χ0v) is 17.1. The summed E-state index contributed by atoms with van der Waals surface area (Å²) in [4.78, 5) is 35.9. The maximum atomic E-state index is 12.3. The van der Waals surface area contributed by atoms with Crippen LogP contribution in [0.3, 0.4) is 0 Å². The SMILES string of the molecule is CCCOc1ccc(C(=O)NNC(=O)c2ccc(NC(=O)OCC)cc2)cc1OC. The van der Waals surface area contributed by atoms with Crippen LogP contribution in [0.25, 0.3) is 0 Å². The molecule has 0 spiro atoms. The highest BCUT2D eigenvalue weighted by molar-refractivity contribution is 5.99. The number of rotatable bonds is 8. The minimum atomic E-state index is -0.580. The Morgan fingerprint density at radius 3 is 2.10 bits per heavy atom. The number of benzene rings is 2. The minimum Gasteiger partial charge on any atom is -0.493 e. The maximum absolute atomic E-state index is 12.3. The van der Waals surface area contributed by atoms with Crippen LogP contribution in [0.15, 0.2) is 42.5 Å². The van der Waals surface area contributed by atoms with Crippen molar-refractivity contribution in [1.82, 2.24) is 10.9 Å². The lowest BCUT2D eigenvalue weighted by molar-refractivity contribution is 0.0846. The van der Waals surface area contributed by atoms with E-state index in [0.29, 0.717) is 34.9 Å². The zero-order valence-electron chi connectivity index (χ0n) is 17.1. The predicted molar refractivity (Wildman–Crippen MR) is 111 cm³/mol. The van der Waals surface area contributed by atoms with Crippen molar-refractivity contribution in [3.8, 4) is 11.5 Å². The van der Waals surface area contributed by atoms with E-state index in [1.807, 2.05) is 6.92 Å². The fourth-order valence-corrected chi connectivity index (χ4v) is 2.39. The molecule has 0 aliphatic rings. The molecular formula is C21H25N3O6. The van der Waals surface area contributed by atoms with Gasteiger partial charge in [0.2, 0.25) is 0 Å². The van der Waals surface area contributed by atoms with E-state index < -0.39 is 17.9 Å². The van der Waals surface area contributed by atoms with E-state index in [2.05, 4.69) is 16.2 Å². The fraction of sp³-hybridized carbons (Fsp3) is 0.286. The van der Waals surface area contributed by atoms with Crippen LogP contribution in [0, 0.1) is 0 Å². The molecule has 0 aromatic heterocycles. The average Bonchev–Trinajstić information content (AvgIpc) is 2.76. The van der Waals surface area contributed by atoms with Crippen LogP contribution >= 0.6 is 0 Å². The molecule has 0 heterocycles. The van der Waals surface area contributed by atoms with E-state index in [-0.39, 0.29) is 6.61 Å². The van der Waals surface area contributed by atoms with Crippen molar-refractivity contribution in [2.45, 2.75) is 20.3 Å². The van der Waals surface area contributed by atoms with Crippen LogP contribution in [0.2, 0.25) is 0 Å². The molecule has 0 atom stereocenters. The number of carbonyl (C=O) groups excluding carboxylic acids is 3. The molecule has 0 aliphatic heterocycles. The first kappa shape index (κ1) is 22.5. The lowest BCUT2D eigenvalue weighted by atomic mass is 10.2. The Labute approximate surface area is 174 Å². The molecule has 0 aliphatic carbocycles. The van der Waals surface area contributed by atoms with E-state index in [0.717, 1.165) is 6.42 Å². The standard InChI is InChI=1S/C21H25N3O6/c1-4-12-30-17-11-8-15(13-18(17)28-3)20(26)24-23-19(25)14-6-9-16(10-7-14)22-21(27)29-5-2/h6-11,13H,4-5,12H2,1-3H3,(H,22,27)(H,23,25)(H,24,26). The summed E-state index contributed by atoms with van der Waals surface area (Å²) < 4.78 is 15.6. The van der Waals surface area contributed by atoms with Crippen LogP contribution in [0.5, 0.6) is 11.5 Å². The first-order valence-corrected chi connectivity index (χ1v) is 9.43. The Bertz CT molecular complexity index is 883. The van der Waals surface area contributed by atoms with Crippen molar-refractivity contribution in [3.05, 3.63) is 53.6 Å². The second kappa shape index (κ2) is 11.3. The van der Waals surface area contributed by atoms with E-state index in [9.17, 15) is 14.4 Å². The summed E-state index contributed by atoms with van der Waals surface area (Å²) in [5.74, 6) is -0.0613. The lowest BCUT2D eigenvalue weighted by Crippen LogP contribution is -2.41. The summed E-state index contributed by atoms with van der Waals surface area (Å²) in [6.07, 6.45) is 0.264. The van der Waals surface area contributed by atoms with Gasteiger partial charge in [-0.1, -0.05) is 6.92 Å². The molecule has 2 aromatic carbocycles. The average molecular weight is 415 g/mol. The number of amides is 3. The molecule has 0 unspecified atom stereocenters. The summed E-state index contributed by atoms with van der Waals surface area (Å²) in [5, 5.41) is 2.52. The number of anilines is 1. The summed E-state index contributed by atoms with van der Waals surface area (Å²) >= 11 is 0. The Balaban J connectivity index is 1.94. The van der Waals surface area contributed by atoms with Crippen molar-refractivity contribution >= 4 is 23.6 Å². The third kappa shape index (κ3) is 6.40. The van der Waals surface area contributed by atoms with E-state index in [4.69, 9.17) is 14.2 Å². The van der Waals surface area contributed by atoms with Gasteiger partial charge in [0.25, 0.3) is 11.8 Å². The van der Waals surface area contributed by atoms with Crippen LogP contribution < -0.4 is 25.6 Å². The first-order valence-electron chi connectivity index (χ1n) is 9.43. The number of hydrogen-bond donors (Lipinski definition) is 3. The topological polar surface area (TPSA) is 115 Å². The monoisotopic (exact) mass is 415 g/mol. The van der Waals surface area contributed by atoms with E-state index >= 15 is 0 Å². The fourth-order valence-electron chi connectivity index (χ4n) is 2.39. The number of ether oxygens (including phenoxy) is 3. The summed E-state index contributed by atoms with van der Waals surface area (Å²) in [6.45, 7) is 4.48. The van der Waals surface area contributed by atoms with Crippen molar-refractivity contribution in [2.24, 2.45) is 0 Å². The van der Waals surface area contributed by atoms with Gasteiger partial charge in [-0.2, -0.15) is 0 Å². The highest BCUT2D eigenvalue weighted by Crippen LogP contribution is 2.28. The van der Waals surface area contributed by atoms with Crippen molar-refractivity contribution in [2.75, 3.05) is 25.6 Å². The molecule has 0 saturated heterocycles. The van der Waals surface area contributed by atoms with Gasteiger partial charge < -0.3 is 14.2 Å². The normalized spacial score (nSPS) is 9.97. The predicted octanol–water partition coefficient (Wildman–Crippen LogP) is 3.13.